The Kier molecular flexibility index (Phi) is 5.57. The normalized spacial score (nSPS) is 18.9. The predicted molar refractivity (Wildman–Crippen MR) is 107 cm³/mol. The maximum atomic E-state index is 5.47. The standard InChI is InChI=1S/C20H30N6O/c1-3-17-15-18(23-20(22-17)26-11-13-27-14-12-26)25-8-5-16(6-9-25)19-21-7-10-24(19)4-2/h7,10,15-16H,3-6,8-9,11-14H2,1-2H3. The number of anilines is 2. The number of ether oxygens (including phenoxy) is 1. The molecule has 4 rings (SSSR count). The molecule has 0 N–H and O–H groups in total. The first kappa shape index (κ1) is 18.2. The van der Waals surface area contributed by atoms with Gasteiger partial charge in [0.05, 0.1) is 13.2 Å². The minimum absolute atomic E-state index is 0.544. The van der Waals surface area contributed by atoms with Gasteiger partial charge in [0, 0.05) is 62.8 Å². The second-order valence-corrected chi connectivity index (χ2v) is 7.30. The summed E-state index contributed by atoms with van der Waals surface area (Å²) in [5.74, 6) is 3.71. The first-order valence-corrected chi connectivity index (χ1v) is 10.2. The lowest BCUT2D eigenvalue weighted by Gasteiger charge is -2.34. The molecule has 0 unspecified atom stereocenters. The summed E-state index contributed by atoms with van der Waals surface area (Å²) < 4.78 is 7.75. The van der Waals surface area contributed by atoms with Gasteiger partial charge >= 0.3 is 0 Å². The molecule has 0 amide bonds. The van der Waals surface area contributed by atoms with Crippen molar-refractivity contribution in [3.63, 3.8) is 0 Å². The molecule has 0 atom stereocenters. The molecule has 2 fully saturated rings. The summed E-state index contributed by atoms with van der Waals surface area (Å²) in [4.78, 5) is 19.0. The summed E-state index contributed by atoms with van der Waals surface area (Å²) in [5, 5.41) is 0. The number of aryl methyl sites for hydroxylation is 2. The Morgan fingerprint density at radius 2 is 1.81 bits per heavy atom. The van der Waals surface area contributed by atoms with E-state index in [9.17, 15) is 0 Å². The van der Waals surface area contributed by atoms with Crippen molar-refractivity contribution in [2.45, 2.75) is 45.6 Å². The average Bonchev–Trinajstić information content (AvgIpc) is 3.23. The number of aromatic nitrogens is 4. The van der Waals surface area contributed by atoms with Crippen molar-refractivity contribution in [1.82, 2.24) is 19.5 Å². The topological polar surface area (TPSA) is 59.3 Å². The van der Waals surface area contributed by atoms with Gasteiger partial charge in [0.15, 0.2) is 0 Å². The Morgan fingerprint density at radius 1 is 1.04 bits per heavy atom. The molecular formula is C20H30N6O. The molecule has 0 bridgehead atoms. The van der Waals surface area contributed by atoms with Crippen molar-refractivity contribution in [2.24, 2.45) is 0 Å². The van der Waals surface area contributed by atoms with Gasteiger partial charge in [-0.25, -0.2) is 9.97 Å². The minimum atomic E-state index is 0.544. The molecule has 0 aromatic carbocycles. The summed E-state index contributed by atoms with van der Waals surface area (Å²) in [5.41, 5.74) is 1.12. The monoisotopic (exact) mass is 370 g/mol. The zero-order chi connectivity index (χ0) is 18.6. The van der Waals surface area contributed by atoms with E-state index in [1.807, 2.05) is 6.20 Å². The predicted octanol–water partition coefficient (Wildman–Crippen LogP) is 2.48. The highest BCUT2D eigenvalue weighted by molar-refractivity contribution is 5.47. The summed E-state index contributed by atoms with van der Waals surface area (Å²) in [6.45, 7) is 10.6. The van der Waals surface area contributed by atoms with E-state index in [0.717, 1.165) is 82.7 Å². The van der Waals surface area contributed by atoms with Crippen LogP contribution >= 0.6 is 0 Å². The fourth-order valence-electron chi connectivity index (χ4n) is 4.03. The van der Waals surface area contributed by atoms with E-state index >= 15 is 0 Å². The Labute approximate surface area is 161 Å². The number of piperidine rings is 1. The summed E-state index contributed by atoms with van der Waals surface area (Å²) in [6.07, 6.45) is 7.19. The van der Waals surface area contributed by atoms with Gasteiger partial charge in [-0.1, -0.05) is 6.92 Å². The van der Waals surface area contributed by atoms with Crippen LogP contribution < -0.4 is 9.80 Å². The third kappa shape index (κ3) is 3.93. The number of hydrogen-bond donors (Lipinski definition) is 0. The van der Waals surface area contributed by atoms with Crippen molar-refractivity contribution in [1.29, 1.82) is 0 Å². The van der Waals surface area contributed by atoms with Gasteiger partial charge in [0.1, 0.15) is 11.6 Å². The van der Waals surface area contributed by atoms with Crippen LogP contribution in [0, 0.1) is 0 Å². The van der Waals surface area contributed by atoms with Gasteiger partial charge in [-0.3, -0.25) is 0 Å². The van der Waals surface area contributed by atoms with E-state index in [-0.39, 0.29) is 0 Å². The van der Waals surface area contributed by atoms with Crippen LogP contribution in [0.3, 0.4) is 0 Å². The van der Waals surface area contributed by atoms with Crippen LogP contribution in [0.2, 0.25) is 0 Å². The van der Waals surface area contributed by atoms with E-state index in [1.54, 1.807) is 0 Å². The highest BCUT2D eigenvalue weighted by atomic mass is 16.5. The Bertz CT molecular complexity index is 747. The maximum Gasteiger partial charge on any atom is 0.227 e. The van der Waals surface area contributed by atoms with E-state index in [1.165, 1.54) is 5.82 Å². The van der Waals surface area contributed by atoms with Gasteiger partial charge in [0.2, 0.25) is 5.95 Å². The molecule has 2 aliphatic heterocycles. The number of rotatable bonds is 5. The van der Waals surface area contributed by atoms with Crippen LogP contribution in [0.15, 0.2) is 18.5 Å². The number of hydrogen-bond acceptors (Lipinski definition) is 6. The molecule has 27 heavy (non-hydrogen) atoms. The van der Waals surface area contributed by atoms with E-state index < -0.39 is 0 Å². The maximum absolute atomic E-state index is 5.47. The highest BCUT2D eigenvalue weighted by Crippen LogP contribution is 2.30. The van der Waals surface area contributed by atoms with Gasteiger partial charge in [-0.15, -0.1) is 0 Å². The second kappa shape index (κ2) is 8.25. The van der Waals surface area contributed by atoms with Crippen LogP contribution in [0.5, 0.6) is 0 Å². The summed E-state index contributed by atoms with van der Waals surface area (Å²) in [6, 6.07) is 2.16. The summed E-state index contributed by atoms with van der Waals surface area (Å²) in [7, 11) is 0. The van der Waals surface area contributed by atoms with Crippen LogP contribution in [0.25, 0.3) is 0 Å². The third-order valence-electron chi connectivity index (χ3n) is 5.68. The van der Waals surface area contributed by atoms with E-state index in [0.29, 0.717) is 5.92 Å². The van der Waals surface area contributed by atoms with Crippen LogP contribution in [0.1, 0.15) is 44.1 Å². The van der Waals surface area contributed by atoms with Crippen molar-refractivity contribution < 1.29 is 4.74 Å². The molecule has 2 aliphatic rings. The Hall–Kier alpha value is -2.15. The second-order valence-electron chi connectivity index (χ2n) is 7.30. The zero-order valence-corrected chi connectivity index (χ0v) is 16.5. The fraction of sp³-hybridized carbons (Fsp3) is 0.650. The lowest BCUT2D eigenvalue weighted by Crippen LogP contribution is -2.38. The molecule has 2 aromatic rings. The Morgan fingerprint density at radius 3 is 2.52 bits per heavy atom. The molecule has 0 saturated carbocycles. The molecule has 7 nitrogen and oxygen atoms in total. The number of morpholine rings is 1. The molecule has 0 radical (unpaired) electrons. The van der Waals surface area contributed by atoms with E-state index in [4.69, 9.17) is 14.7 Å². The largest absolute Gasteiger partial charge is 0.378 e. The van der Waals surface area contributed by atoms with Crippen molar-refractivity contribution in [3.05, 3.63) is 30.0 Å². The van der Waals surface area contributed by atoms with Crippen molar-refractivity contribution in [2.75, 3.05) is 49.2 Å². The summed E-state index contributed by atoms with van der Waals surface area (Å²) >= 11 is 0. The van der Waals surface area contributed by atoms with Crippen molar-refractivity contribution >= 4 is 11.8 Å². The lowest BCUT2D eigenvalue weighted by molar-refractivity contribution is 0.122. The lowest BCUT2D eigenvalue weighted by atomic mass is 9.96. The minimum Gasteiger partial charge on any atom is -0.378 e. The van der Waals surface area contributed by atoms with Crippen molar-refractivity contribution in [3.8, 4) is 0 Å². The highest BCUT2D eigenvalue weighted by Gasteiger charge is 2.25. The first-order chi connectivity index (χ1) is 13.3. The third-order valence-corrected chi connectivity index (χ3v) is 5.68. The molecule has 0 spiro atoms. The SMILES string of the molecule is CCc1cc(N2CCC(c3nccn3CC)CC2)nc(N2CCOCC2)n1. The van der Waals surface area contributed by atoms with Gasteiger partial charge in [-0.05, 0) is 26.2 Å². The quantitative estimate of drug-likeness (QED) is 0.806. The average molecular weight is 371 g/mol. The van der Waals surface area contributed by atoms with Gasteiger partial charge in [-0.2, -0.15) is 4.98 Å². The molecule has 2 aromatic heterocycles. The molecule has 7 heteroatoms. The number of nitrogens with zero attached hydrogens (tertiary/aromatic N) is 6. The molecule has 4 heterocycles. The van der Waals surface area contributed by atoms with Crippen LogP contribution in [-0.4, -0.2) is 58.9 Å². The van der Waals surface area contributed by atoms with Crippen LogP contribution in [-0.2, 0) is 17.7 Å². The molecule has 146 valence electrons. The van der Waals surface area contributed by atoms with Gasteiger partial charge in [0.25, 0.3) is 0 Å². The molecular weight excluding hydrogens is 340 g/mol. The van der Waals surface area contributed by atoms with E-state index in [2.05, 4.69) is 45.5 Å². The number of imidazole rings is 1. The smallest absolute Gasteiger partial charge is 0.227 e. The first-order valence-electron chi connectivity index (χ1n) is 10.2. The molecule has 0 aliphatic carbocycles. The zero-order valence-electron chi connectivity index (χ0n) is 16.5. The fourth-order valence-corrected chi connectivity index (χ4v) is 4.03. The Balaban J connectivity index is 1.48. The van der Waals surface area contributed by atoms with Gasteiger partial charge < -0.3 is 19.1 Å². The molecule has 2 saturated heterocycles. The van der Waals surface area contributed by atoms with Crippen LogP contribution in [0.4, 0.5) is 11.8 Å².